The van der Waals surface area contributed by atoms with Crippen molar-refractivity contribution < 1.29 is 9.53 Å². The molecule has 3 N–H and O–H groups in total. The zero-order chi connectivity index (χ0) is 17.0. The number of carbonyl (C=O) groups is 1. The van der Waals surface area contributed by atoms with Crippen molar-refractivity contribution in [2.24, 2.45) is 16.6 Å². The van der Waals surface area contributed by atoms with Crippen LogP contribution in [0.3, 0.4) is 0 Å². The van der Waals surface area contributed by atoms with Crippen molar-refractivity contribution in [2.75, 3.05) is 19.6 Å². The number of nitrogens with zero attached hydrogens (tertiary/aromatic N) is 2. The van der Waals surface area contributed by atoms with Gasteiger partial charge in [-0.25, -0.2) is 4.79 Å². The summed E-state index contributed by atoms with van der Waals surface area (Å²) < 4.78 is 5.43. The van der Waals surface area contributed by atoms with Gasteiger partial charge in [0.1, 0.15) is 5.60 Å². The summed E-state index contributed by atoms with van der Waals surface area (Å²) in [6, 6.07) is 0. The van der Waals surface area contributed by atoms with E-state index in [1.807, 2.05) is 41.5 Å². The van der Waals surface area contributed by atoms with E-state index in [-0.39, 0.29) is 11.6 Å². The number of ether oxygens (including phenoxy) is 1. The third-order valence-electron chi connectivity index (χ3n) is 3.19. The molecule has 6 heteroatoms. The Morgan fingerprint density at radius 1 is 1.32 bits per heavy atom. The number of hydrogen-bond acceptors (Lipinski definition) is 3. The summed E-state index contributed by atoms with van der Waals surface area (Å²) in [5.74, 6) is 0.795. The van der Waals surface area contributed by atoms with E-state index in [1.165, 1.54) is 0 Å². The van der Waals surface area contributed by atoms with Crippen molar-refractivity contribution >= 4 is 12.1 Å². The monoisotopic (exact) mass is 312 g/mol. The van der Waals surface area contributed by atoms with Gasteiger partial charge < -0.3 is 20.7 Å². The summed E-state index contributed by atoms with van der Waals surface area (Å²) in [7, 11) is 0. The molecule has 1 saturated heterocycles. The minimum atomic E-state index is -0.455. The minimum Gasteiger partial charge on any atom is -0.444 e. The van der Waals surface area contributed by atoms with Crippen LogP contribution in [-0.2, 0) is 4.74 Å². The van der Waals surface area contributed by atoms with Gasteiger partial charge in [-0.1, -0.05) is 0 Å². The summed E-state index contributed by atoms with van der Waals surface area (Å²) in [5.41, 5.74) is 5.34. The van der Waals surface area contributed by atoms with Crippen molar-refractivity contribution in [1.82, 2.24) is 10.2 Å². The average molecular weight is 312 g/mol. The molecule has 0 radical (unpaired) electrons. The molecule has 0 aliphatic carbocycles. The first-order chi connectivity index (χ1) is 9.96. The average Bonchev–Trinajstić information content (AvgIpc) is 2.32. The largest absolute Gasteiger partial charge is 0.444 e. The molecule has 0 aromatic rings. The second kappa shape index (κ2) is 7.20. The number of aliphatic imine (C=N–C) groups is 1. The molecule has 1 amide bonds. The molecule has 1 unspecified atom stereocenters. The Hall–Kier alpha value is -1.46. The molecule has 1 atom stereocenters. The number of hydrogen-bond donors (Lipinski definition) is 2. The summed E-state index contributed by atoms with van der Waals surface area (Å²) in [6.45, 7) is 13.8. The van der Waals surface area contributed by atoms with Gasteiger partial charge in [0.2, 0.25) is 0 Å². The highest BCUT2D eigenvalue weighted by Gasteiger charge is 2.27. The van der Waals surface area contributed by atoms with Crippen molar-refractivity contribution in [3.05, 3.63) is 0 Å². The molecule has 22 heavy (non-hydrogen) atoms. The van der Waals surface area contributed by atoms with Crippen molar-refractivity contribution in [3.8, 4) is 0 Å². The lowest BCUT2D eigenvalue weighted by molar-refractivity contribution is 0.0171. The van der Waals surface area contributed by atoms with Crippen LogP contribution in [0, 0.1) is 5.92 Å². The third-order valence-corrected chi connectivity index (χ3v) is 3.19. The van der Waals surface area contributed by atoms with E-state index in [9.17, 15) is 4.79 Å². The molecule has 1 fully saturated rings. The number of carbonyl (C=O) groups excluding carboxylic acids is 1. The molecule has 0 bridgehead atoms. The fourth-order valence-electron chi connectivity index (χ4n) is 2.36. The van der Waals surface area contributed by atoms with Gasteiger partial charge in [0.25, 0.3) is 0 Å². The van der Waals surface area contributed by atoms with Gasteiger partial charge in [-0.3, -0.25) is 4.99 Å². The predicted octanol–water partition coefficient (Wildman–Crippen LogP) is 2.34. The summed E-state index contributed by atoms with van der Waals surface area (Å²) in [4.78, 5) is 18.3. The van der Waals surface area contributed by atoms with Gasteiger partial charge in [-0.05, 0) is 60.3 Å². The normalized spacial score (nSPS) is 20.7. The molecule has 6 nitrogen and oxygen atoms in total. The molecule has 1 rings (SSSR count). The molecule has 1 aliphatic heterocycles. The van der Waals surface area contributed by atoms with E-state index >= 15 is 0 Å². The molecule has 0 spiro atoms. The van der Waals surface area contributed by atoms with Gasteiger partial charge in [0.05, 0.1) is 0 Å². The molecule has 0 aromatic carbocycles. The fraction of sp³-hybridized carbons (Fsp3) is 0.875. The highest BCUT2D eigenvalue weighted by Crippen LogP contribution is 2.19. The zero-order valence-electron chi connectivity index (χ0n) is 14.9. The molecular weight excluding hydrogens is 280 g/mol. The van der Waals surface area contributed by atoms with Crippen LogP contribution in [0.25, 0.3) is 0 Å². The van der Waals surface area contributed by atoms with Crippen LogP contribution in [0.5, 0.6) is 0 Å². The van der Waals surface area contributed by atoms with Crippen molar-refractivity contribution in [2.45, 2.75) is 65.5 Å². The number of nitrogens with one attached hydrogen (secondary N) is 1. The Balaban J connectivity index is 2.50. The van der Waals surface area contributed by atoms with E-state index in [2.05, 4.69) is 10.3 Å². The Kier molecular flexibility index (Phi) is 6.08. The lowest BCUT2D eigenvalue weighted by Crippen LogP contribution is -2.46. The van der Waals surface area contributed by atoms with E-state index in [1.54, 1.807) is 4.90 Å². The molecule has 1 heterocycles. The van der Waals surface area contributed by atoms with Crippen LogP contribution in [0.1, 0.15) is 54.4 Å². The quantitative estimate of drug-likeness (QED) is 0.606. The first kappa shape index (κ1) is 18.6. The van der Waals surface area contributed by atoms with E-state index in [0.29, 0.717) is 25.0 Å². The van der Waals surface area contributed by atoms with Crippen LogP contribution in [0.4, 0.5) is 4.79 Å². The fourth-order valence-corrected chi connectivity index (χ4v) is 2.36. The van der Waals surface area contributed by atoms with Gasteiger partial charge in [-0.2, -0.15) is 0 Å². The molecule has 1 aliphatic rings. The Morgan fingerprint density at radius 3 is 2.50 bits per heavy atom. The number of piperidine rings is 1. The molecule has 128 valence electrons. The van der Waals surface area contributed by atoms with Crippen molar-refractivity contribution in [3.63, 3.8) is 0 Å². The SMILES string of the molecule is CC(C)(C)NC(N)=NCC1CCCN(C(=O)OC(C)(C)C)C1. The summed E-state index contributed by atoms with van der Waals surface area (Å²) in [6.07, 6.45) is 1.81. The molecular formula is C16H32N4O2. The van der Waals surface area contributed by atoms with Gasteiger partial charge in [0, 0.05) is 25.2 Å². The number of amides is 1. The van der Waals surface area contributed by atoms with E-state index in [0.717, 1.165) is 19.4 Å². The Labute approximate surface area is 134 Å². The first-order valence-electron chi connectivity index (χ1n) is 8.02. The maximum absolute atomic E-state index is 12.1. The lowest BCUT2D eigenvalue weighted by atomic mass is 9.98. The highest BCUT2D eigenvalue weighted by atomic mass is 16.6. The van der Waals surface area contributed by atoms with Crippen LogP contribution in [0.2, 0.25) is 0 Å². The molecule has 0 saturated carbocycles. The van der Waals surface area contributed by atoms with Crippen LogP contribution >= 0.6 is 0 Å². The van der Waals surface area contributed by atoms with Crippen LogP contribution in [0.15, 0.2) is 4.99 Å². The van der Waals surface area contributed by atoms with E-state index < -0.39 is 5.60 Å². The second-order valence-electron chi connectivity index (χ2n) is 8.04. The molecule has 0 aromatic heterocycles. The van der Waals surface area contributed by atoms with Crippen molar-refractivity contribution in [1.29, 1.82) is 0 Å². The van der Waals surface area contributed by atoms with Crippen LogP contribution in [-0.4, -0.2) is 47.7 Å². The topological polar surface area (TPSA) is 80.0 Å². The Morgan fingerprint density at radius 2 is 1.95 bits per heavy atom. The maximum Gasteiger partial charge on any atom is 0.410 e. The zero-order valence-corrected chi connectivity index (χ0v) is 14.9. The minimum absolute atomic E-state index is 0.0945. The maximum atomic E-state index is 12.1. The van der Waals surface area contributed by atoms with Gasteiger partial charge >= 0.3 is 6.09 Å². The number of guanidine groups is 1. The lowest BCUT2D eigenvalue weighted by Gasteiger charge is -2.33. The summed E-state index contributed by atoms with van der Waals surface area (Å²) >= 11 is 0. The standard InChI is InChI=1S/C16H32N4O2/c1-15(2,3)19-13(17)18-10-12-8-7-9-20(11-12)14(21)22-16(4,5)6/h12H,7-11H2,1-6H3,(H3,17,18,19). The van der Waals surface area contributed by atoms with Crippen LogP contribution < -0.4 is 11.1 Å². The van der Waals surface area contributed by atoms with Gasteiger partial charge in [0.15, 0.2) is 5.96 Å². The predicted molar refractivity (Wildman–Crippen MR) is 89.9 cm³/mol. The smallest absolute Gasteiger partial charge is 0.410 e. The number of nitrogens with two attached hydrogens (primary N) is 1. The van der Waals surface area contributed by atoms with E-state index in [4.69, 9.17) is 10.5 Å². The number of likely N-dealkylation sites (tertiary alicyclic amines) is 1. The first-order valence-corrected chi connectivity index (χ1v) is 8.02. The van der Waals surface area contributed by atoms with Gasteiger partial charge in [-0.15, -0.1) is 0 Å². The third kappa shape index (κ3) is 7.52. The summed E-state index contributed by atoms with van der Waals surface area (Å²) in [5, 5.41) is 3.15. The Bertz CT molecular complexity index is 407. The highest BCUT2D eigenvalue weighted by molar-refractivity contribution is 5.78. The second-order valence-corrected chi connectivity index (χ2v) is 8.04. The number of rotatable bonds is 2.